The van der Waals surface area contributed by atoms with Crippen LogP contribution in [0.25, 0.3) is 22.6 Å². The molecule has 0 fully saturated rings. The van der Waals surface area contributed by atoms with E-state index in [0.29, 0.717) is 23.0 Å². The summed E-state index contributed by atoms with van der Waals surface area (Å²) in [6.45, 7) is 1.98. The molecule has 118 valence electrons. The molecular weight excluding hydrogens is 310 g/mol. The van der Waals surface area contributed by atoms with Crippen LogP contribution in [0.1, 0.15) is 12.8 Å². The van der Waals surface area contributed by atoms with Crippen molar-refractivity contribution in [2.24, 2.45) is 0 Å². The molecule has 0 spiro atoms. The lowest BCUT2D eigenvalue weighted by Gasteiger charge is -2.03. The molecule has 0 atom stereocenters. The standard InChI is InChI=1S/C18H17NO3S/c1-3-16-19-17(18(22-16)14-7-5-4-6-8-14)13-9-11-15(12-10-13)23(2,20)21/h4-12H,3H2,1-2H3. The maximum absolute atomic E-state index is 11.6. The summed E-state index contributed by atoms with van der Waals surface area (Å²) in [5.74, 6) is 1.36. The highest BCUT2D eigenvalue weighted by atomic mass is 32.2. The highest BCUT2D eigenvalue weighted by Gasteiger charge is 2.16. The number of hydrogen-bond donors (Lipinski definition) is 0. The molecule has 4 nitrogen and oxygen atoms in total. The van der Waals surface area contributed by atoms with Gasteiger partial charge in [0, 0.05) is 23.8 Å². The fourth-order valence-electron chi connectivity index (χ4n) is 2.36. The zero-order chi connectivity index (χ0) is 16.4. The number of sulfone groups is 1. The fourth-order valence-corrected chi connectivity index (χ4v) is 2.99. The van der Waals surface area contributed by atoms with Crippen molar-refractivity contribution in [2.75, 3.05) is 6.26 Å². The lowest BCUT2D eigenvalue weighted by atomic mass is 10.1. The van der Waals surface area contributed by atoms with Gasteiger partial charge < -0.3 is 4.42 Å². The zero-order valence-electron chi connectivity index (χ0n) is 13.0. The third kappa shape index (κ3) is 3.19. The second-order valence-corrected chi connectivity index (χ2v) is 7.32. The molecule has 0 amide bonds. The number of aryl methyl sites for hydroxylation is 1. The summed E-state index contributed by atoms with van der Waals surface area (Å²) in [6, 6.07) is 16.5. The Balaban J connectivity index is 2.11. The van der Waals surface area contributed by atoms with E-state index in [1.165, 1.54) is 6.26 Å². The Morgan fingerprint density at radius 2 is 1.61 bits per heavy atom. The van der Waals surface area contributed by atoms with E-state index in [0.717, 1.165) is 16.8 Å². The third-order valence-electron chi connectivity index (χ3n) is 3.57. The molecule has 0 bridgehead atoms. The second-order valence-electron chi connectivity index (χ2n) is 5.30. The lowest BCUT2D eigenvalue weighted by Crippen LogP contribution is -1.96. The summed E-state index contributed by atoms with van der Waals surface area (Å²) >= 11 is 0. The molecule has 0 aliphatic heterocycles. The average molecular weight is 327 g/mol. The van der Waals surface area contributed by atoms with Crippen molar-refractivity contribution in [2.45, 2.75) is 18.2 Å². The molecule has 5 heteroatoms. The number of rotatable bonds is 4. The van der Waals surface area contributed by atoms with E-state index in [-0.39, 0.29) is 0 Å². The zero-order valence-corrected chi connectivity index (χ0v) is 13.8. The molecule has 1 heterocycles. The van der Waals surface area contributed by atoms with Crippen molar-refractivity contribution in [3.8, 4) is 22.6 Å². The molecule has 0 N–H and O–H groups in total. The molecule has 0 saturated carbocycles. The fraction of sp³-hybridized carbons (Fsp3) is 0.167. The normalized spacial score (nSPS) is 11.6. The highest BCUT2D eigenvalue weighted by molar-refractivity contribution is 7.90. The van der Waals surface area contributed by atoms with Crippen LogP contribution in [0.4, 0.5) is 0 Å². The maximum Gasteiger partial charge on any atom is 0.195 e. The van der Waals surface area contributed by atoms with Gasteiger partial charge in [0.25, 0.3) is 0 Å². The highest BCUT2D eigenvalue weighted by Crippen LogP contribution is 2.33. The van der Waals surface area contributed by atoms with Crippen LogP contribution >= 0.6 is 0 Å². The summed E-state index contributed by atoms with van der Waals surface area (Å²) < 4.78 is 29.0. The van der Waals surface area contributed by atoms with Crippen molar-refractivity contribution < 1.29 is 12.8 Å². The molecule has 3 aromatic rings. The average Bonchev–Trinajstić information content (AvgIpc) is 2.99. The van der Waals surface area contributed by atoms with Gasteiger partial charge >= 0.3 is 0 Å². The summed E-state index contributed by atoms with van der Waals surface area (Å²) in [5, 5.41) is 0. The van der Waals surface area contributed by atoms with Gasteiger partial charge in [0.1, 0.15) is 5.69 Å². The van der Waals surface area contributed by atoms with Crippen LogP contribution in [0, 0.1) is 0 Å². The summed E-state index contributed by atoms with van der Waals surface area (Å²) in [5.41, 5.74) is 2.51. The van der Waals surface area contributed by atoms with Crippen molar-refractivity contribution in [3.63, 3.8) is 0 Å². The minimum Gasteiger partial charge on any atom is -0.440 e. The molecule has 0 unspecified atom stereocenters. The molecular formula is C18H17NO3S. The molecule has 23 heavy (non-hydrogen) atoms. The van der Waals surface area contributed by atoms with Crippen LogP contribution in [0.3, 0.4) is 0 Å². The maximum atomic E-state index is 11.6. The molecule has 3 rings (SSSR count). The first kappa shape index (κ1) is 15.5. The van der Waals surface area contributed by atoms with Crippen LogP contribution in [0.5, 0.6) is 0 Å². The van der Waals surface area contributed by atoms with Gasteiger partial charge in [-0.25, -0.2) is 13.4 Å². The summed E-state index contributed by atoms with van der Waals surface area (Å²) in [6.07, 6.45) is 1.89. The van der Waals surface area contributed by atoms with E-state index < -0.39 is 9.84 Å². The molecule has 1 aromatic heterocycles. The van der Waals surface area contributed by atoms with E-state index in [4.69, 9.17) is 4.42 Å². The SMILES string of the molecule is CCc1nc(-c2ccc(S(C)(=O)=O)cc2)c(-c2ccccc2)o1. The van der Waals surface area contributed by atoms with Crippen LogP contribution in [-0.4, -0.2) is 19.7 Å². The number of hydrogen-bond acceptors (Lipinski definition) is 4. The Kier molecular flexibility index (Phi) is 4.05. The van der Waals surface area contributed by atoms with Crippen molar-refractivity contribution in [3.05, 3.63) is 60.5 Å². The predicted molar refractivity (Wildman–Crippen MR) is 89.9 cm³/mol. The van der Waals surface area contributed by atoms with E-state index in [2.05, 4.69) is 4.98 Å². The largest absolute Gasteiger partial charge is 0.440 e. The Hall–Kier alpha value is -2.40. The van der Waals surface area contributed by atoms with Gasteiger partial charge in [-0.3, -0.25) is 0 Å². The number of aromatic nitrogens is 1. The molecule has 2 aromatic carbocycles. The Labute approximate surface area is 135 Å². The van der Waals surface area contributed by atoms with Gasteiger partial charge in [0.2, 0.25) is 0 Å². The quantitative estimate of drug-likeness (QED) is 0.727. The van der Waals surface area contributed by atoms with E-state index in [1.54, 1.807) is 24.3 Å². The van der Waals surface area contributed by atoms with Gasteiger partial charge in [-0.05, 0) is 12.1 Å². The Morgan fingerprint density at radius 3 is 2.17 bits per heavy atom. The van der Waals surface area contributed by atoms with Crippen LogP contribution in [-0.2, 0) is 16.3 Å². The van der Waals surface area contributed by atoms with Crippen LogP contribution in [0.15, 0.2) is 63.9 Å². The lowest BCUT2D eigenvalue weighted by molar-refractivity contribution is 0.514. The van der Waals surface area contributed by atoms with Gasteiger partial charge in [-0.1, -0.05) is 49.4 Å². The molecule has 0 radical (unpaired) electrons. The van der Waals surface area contributed by atoms with E-state index in [9.17, 15) is 8.42 Å². The van der Waals surface area contributed by atoms with Crippen molar-refractivity contribution in [1.29, 1.82) is 0 Å². The minimum absolute atomic E-state index is 0.293. The number of oxazole rings is 1. The smallest absolute Gasteiger partial charge is 0.195 e. The van der Waals surface area contributed by atoms with Crippen LogP contribution < -0.4 is 0 Å². The minimum atomic E-state index is -3.21. The first-order valence-corrected chi connectivity index (χ1v) is 9.24. The van der Waals surface area contributed by atoms with Crippen molar-refractivity contribution in [1.82, 2.24) is 4.98 Å². The second kappa shape index (κ2) is 6.01. The Morgan fingerprint density at radius 1 is 0.957 bits per heavy atom. The monoisotopic (exact) mass is 327 g/mol. The van der Waals surface area contributed by atoms with Gasteiger partial charge in [-0.2, -0.15) is 0 Å². The summed E-state index contributed by atoms with van der Waals surface area (Å²) in [7, 11) is -3.21. The number of benzene rings is 2. The first-order valence-electron chi connectivity index (χ1n) is 7.34. The van der Waals surface area contributed by atoms with E-state index in [1.807, 2.05) is 37.3 Å². The van der Waals surface area contributed by atoms with Gasteiger partial charge in [-0.15, -0.1) is 0 Å². The van der Waals surface area contributed by atoms with Crippen molar-refractivity contribution >= 4 is 9.84 Å². The number of nitrogens with zero attached hydrogens (tertiary/aromatic N) is 1. The van der Waals surface area contributed by atoms with E-state index >= 15 is 0 Å². The first-order chi connectivity index (χ1) is 11.0. The predicted octanol–water partition coefficient (Wildman–Crippen LogP) is 3.97. The third-order valence-corrected chi connectivity index (χ3v) is 4.69. The topological polar surface area (TPSA) is 60.2 Å². The van der Waals surface area contributed by atoms with Gasteiger partial charge in [0.15, 0.2) is 21.5 Å². The molecule has 0 aliphatic carbocycles. The van der Waals surface area contributed by atoms with Crippen LogP contribution in [0.2, 0.25) is 0 Å². The summed E-state index contributed by atoms with van der Waals surface area (Å²) in [4.78, 5) is 4.84. The van der Waals surface area contributed by atoms with Gasteiger partial charge in [0.05, 0.1) is 4.90 Å². The Bertz CT molecular complexity index is 911. The molecule has 0 saturated heterocycles. The molecule has 0 aliphatic rings.